The van der Waals surface area contributed by atoms with Crippen molar-refractivity contribution in [1.82, 2.24) is 0 Å². The highest BCUT2D eigenvalue weighted by molar-refractivity contribution is 7.89. The Hall–Kier alpha value is -1.31. The molecule has 0 aliphatic carbocycles. The number of nitrogens with two attached hydrogens (primary N) is 2. The van der Waals surface area contributed by atoms with E-state index in [9.17, 15) is 8.42 Å². The minimum atomic E-state index is -3.76. The summed E-state index contributed by atoms with van der Waals surface area (Å²) in [6.07, 6.45) is 0. The second-order valence-electron chi connectivity index (χ2n) is 4.31. The largest absolute Gasteiger partial charge is 0.399 e. The van der Waals surface area contributed by atoms with Gasteiger partial charge in [0.05, 0.1) is 18.1 Å². The number of nitrogens with zero attached hydrogens (tertiary/aromatic N) is 1. The number of hydrogen-bond acceptors (Lipinski definition) is 5. The van der Waals surface area contributed by atoms with E-state index in [1.54, 1.807) is 13.0 Å². The molecule has 1 aliphatic rings. The minimum absolute atomic E-state index is 0.0870. The molecule has 7 heteroatoms. The van der Waals surface area contributed by atoms with Crippen LogP contribution in [0.15, 0.2) is 17.0 Å². The van der Waals surface area contributed by atoms with Gasteiger partial charge in [0.2, 0.25) is 10.0 Å². The molecule has 1 aromatic carbocycles. The summed E-state index contributed by atoms with van der Waals surface area (Å²) < 4.78 is 28.3. The summed E-state index contributed by atoms with van der Waals surface area (Å²) in [4.78, 5) is 2.15. The van der Waals surface area contributed by atoms with Crippen molar-refractivity contribution in [2.24, 2.45) is 5.14 Å². The number of nitrogen functional groups attached to an aromatic ring is 1. The normalized spacial score (nSPS) is 16.9. The van der Waals surface area contributed by atoms with E-state index < -0.39 is 10.0 Å². The third-order valence-corrected chi connectivity index (χ3v) is 4.05. The van der Waals surface area contributed by atoms with Gasteiger partial charge in [-0.2, -0.15) is 0 Å². The molecule has 0 unspecified atom stereocenters. The Kier molecular flexibility index (Phi) is 3.47. The first-order chi connectivity index (χ1) is 8.39. The fourth-order valence-corrected chi connectivity index (χ4v) is 2.95. The Bertz CT molecular complexity index is 551. The van der Waals surface area contributed by atoms with Gasteiger partial charge in [0, 0.05) is 24.5 Å². The molecule has 1 fully saturated rings. The van der Waals surface area contributed by atoms with E-state index in [2.05, 4.69) is 4.90 Å². The fraction of sp³-hybridized carbons (Fsp3) is 0.455. The molecule has 4 N–H and O–H groups in total. The summed E-state index contributed by atoms with van der Waals surface area (Å²) in [6, 6.07) is 3.17. The maximum Gasteiger partial charge on any atom is 0.238 e. The van der Waals surface area contributed by atoms with Gasteiger partial charge in [0.15, 0.2) is 0 Å². The first kappa shape index (κ1) is 13.1. The Morgan fingerprint density at radius 2 is 1.89 bits per heavy atom. The van der Waals surface area contributed by atoms with E-state index in [4.69, 9.17) is 15.6 Å². The molecule has 100 valence electrons. The van der Waals surface area contributed by atoms with Crippen LogP contribution in [0, 0.1) is 6.92 Å². The number of rotatable bonds is 2. The van der Waals surface area contributed by atoms with E-state index in [1.807, 2.05) is 0 Å². The van der Waals surface area contributed by atoms with Crippen LogP contribution in [-0.4, -0.2) is 34.7 Å². The average molecular weight is 271 g/mol. The van der Waals surface area contributed by atoms with Gasteiger partial charge >= 0.3 is 0 Å². The quantitative estimate of drug-likeness (QED) is 0.741. The SMILES string of the molecule is Cc1c(N2CCOCC2)cc(N)cc1S(N)(=O)=O. The second-order valence-corrected chi connectivity index (χ2v) is 5.84. The molecule has 0 atom stereocenters. The van der Waals surface area contributed by atoms with Crippen molar-refractivity contribution in [3.63, 3.8) is 0 Å². The molecule has 1 aromatic rings. The summed E-state index contributed by atoms with van der Waals surface area (Å²) in [5.74, 6) is 0. The van der Waals surface area contributed by atoms with Crippen LogP contribution in [0.5, 0.6) is 0 Å². The monoisotopic (exact) mass is 271 g/mol. The van der Waals surface area contributed by atoms with Crippen LogP contribution in [0.25, 0.3) is 0 Å². The number of benzene rings is 1. The lowest BCUT2D eigenvalue weighted by atomic mass is 10.1. The number of hydrogen-bond donors (Lipinski definition) is 2. The molecule has 1 aliphatic heterocycles. The van der Waals surface area contributed by atoms with Crippen molar-refractivity contribution >= 4 is 21.4 Å². The fourth-order valence-electron chi connectivity index (χ4n) is 2.12. The second kappa shape index (κ2) is 4.75. The lowest BCUT2D eigenvalue weighted by Crippen LogP contribution is -2.37. The lowest BCUT2D eigenvalue weighted by molar-refractivity contribution is 0.122. The number of sulfonamides is 1. The van der Waals surface area contributed by atoms with E-state index in [-0.39, 0.29) is 4.90 Å². The Morgan fingerprint density at radius 1 is 1.28 bits per heavy atom. The third kappa shape index (κ3) is 2.58. The molecule has 0 bridgehead atoms. The molecule has 2 rings (SSSR count). The molecular weight excluding hydrogens is 254 g/mol. The van der Waals surface area contributed by atoms with E-state index in [1.165, 1.54) is 6.07 Å². The first-order valence-electron chi connectivity index (χ1n) is 5.65. The van der Waals surface area contributed by atoms with Crippen molar-refractivity contribution in [3.05, 3.63) is 17.7 Å². The zero-order chi connectivity index (χ0) is 13.3. The molecule has 0 radical (unpaired) electrons. The van der Waals surface area contributed by atoms with Crippen molar-refractivity contribution in [2.75, 3.05) is 36.9 Å². The lowest BCUT2D eigenvalue weighted by Gasteiger charge is -2.30. The van der Waals surface area contributed by atoms with Crippen molar-refractivity contribution < 1.29 is 13.2 Å². The van der Waals surface area contributed by atoms with E-state index in [0.717, 1.165) is 5.69 Å². The van der Waals surface area contributed by atoms with E-state index in [0.29, 0.717) is 37.6 Å². The van der Waals surface area contributed by atoms with Gasteiger partial charge in [0.1, 0.15) is 0 Å². The minimum Gasteiger partial charge on any atom is -0.399 e. The number of ether oxygens (including phenoxy) is 1. The third-order valence-electron chi connectivity index (χ3n) is 3.01. The maximum atomic E-state index is 11.5. The van der Waals surface area contributed by atoms with Crippen LogP contribution in [0.1, 0.15) is 5.56 Å². The van der Waals surface area contributed by atoms with E-state index >= 15 is 0 Å². The predicted octanol–water partition coefficient (Wildman–Crippen LogP) is 0.0612. The van der Waals surface area contributed by atoms with Gasteiger partial charge in [-0.25, -0.2) is 13.6 Å². The maximum absolute atomic E-state index is 11.5. The molecule has 18 heavy (non-hydrogen) atoms. The summed E-state index contributed by atoms with van der Waals surface area (Å²) in [6.45, 7) is 4.42. The Labute approximate surface area is 107 Å². The van der Waals surface area contributed by atoms with Gasteiger partial charge in [-0.1, -0.05) is 0 Å². The number of anilines is 2. The summed E-state index contributed by atoms with van der Waals surface area (Å²) >= 11 is 0. The Balaban J connectivity index is 2.50. The van der Waals surface area contributed by atoms with Gasteiger partial charge in [0.25, 0.3) is 0 Å². The number of morpholine rings is 1. The molecule has 0 spiro atoms. The Morgan fingerprint density at radius 3 is 2.44 bits per heavy atom. The van der Waals surface area contributed by atoms with Crippen LogP contribution in [0.3, 0.4) is 0 Å². The van der Waals surface area contributed by atoms with Crippen LogP contribution < -0.4 is 15.8 Å². The smallest absolute Gasteiger partial charge is 0.238 e. The average Bonchev–Trinajstić information content (AvgIpc) is 2.31. The summed E-state index contributed by atoms with van der Waals surface area (Å²) in [5.41, 5.74) is 7.59. The highest BCUT2D eigenvalue weighted by Gasteiger charge is 2.20. The standard InChI is InChI=1S/C11H17N3O3S/c1-8-10(14-2-4-17-5-3-14)6-9(12)7-11(8)18(13,15)16/h6-7H,2-5,12H2,1H3,(H2,13,15,16). The van der Waals surface area contributed by atoms with Crippen LogP contribution >= 0.6 is 0 Å². The van der Waals surface area contributed by atoms with Gasteiger partial charge in [-0.05, 0) is 24.6 Å². The molecule has 6 nitrogen and oxygen atoms in total. The summed E-state index contributed by atoms with van der Waals surface area (Å²) in [7, 11) is -3.76. The van der Waals surface area contributed by atoms with Crippen molar-refractivity contribution in [3.8, 4) is 0 Å². The molecule has 1 saturated heterocycles. The highest BCUT2D eigenvalue weighted by atomic mass is 32.2. The molecular formula is C11H17N3O3S. The zero-order valence-electron chi connectivity index (χ0n) is 10.2. The molecule has 0 amide bonds. The predicted molar refractivity (Wildman–Crippen MR) is 70.0 cm³/mol. The van der Waals surface area contributed by atoms with Gasteiger partial charge in [-0.3, -0.25) is 0 Å². The molecule has 0 saturated carbocycles. The van der Waals surface area contributed by atoms with Crippen molar-refractivity contribution in [2.45, 2.75) is 11.8 Å². The van der Waals surface area contributed by atoms with Gasteiger partial charge < -0.3 is 15.4 Å². The zero-order valence-corrected chi connectivity index (χ0v) is 11.0. The first-order valence-corrected chi connectivity index (χ1v) is 7.20. The molecule has 0 aromatic heterocycles. The molecule has 1 heterocycles. The van der Waals surface area contributed by atoms with Crippen LogP contribution in [0.2, 0.25) is 0 Å². The topological polar surface area (TPSA) is 98.7 Å². The van der Waals surface area contributed by atoms with Gasteiger partial charge in [-0.15, -0.1) is 0 Å². The summed E-state index contributed by atoms with van der Waals surface area (Å²) in [5, 5.41) is 5.20. The van der Waals surface area contributed by atoms with Crippen molar-refractivity contribution in [1.29, 1.82) is 0 Å². The number of primary sulfonamides is 1. The van der Waals surface area contributed by atoms with Crippen LogP contribution in [-0.2, 0) is 14.8 Å². The van der Waals surface area contributed by atoms with Crippen LogP contribution in [0.4, 0.5) is 11.4 Å². The highest BCUT2D eigenvalue weighted by Crippen LogP contribution is 2.29.